The first kappa shape index (κ1) is 26.2. The number of likely N-dealkylation sites (tertiary alicyclic amines) is 1. The first-order chi connectivity index (χ1) is 17.9. The molecule has 0 radical (unpaired) electrons. The standard InChI is InChI=1S/C29H38N2O5S/c1-3-36-22-13-6-4-10-19(22)26-21-12-8-9-15-29(21,34)16-17-31(26)18-24(32)30-27-25(28(33)35-2)20-11-5-7-14-23(20)37-27/h4,6,10,13,21,26,34H,3,5,7-9,11-12,14-18H2,1-2H3,(H,30,32)/t21-,26-,29+/m0/s1. The lowest BCUT2D eigenvalue weighted by molar-refractivity contribution is -0.135. The molecule has 37 heavy (non-hydrogen) atoms. The van der Waals surface area contributed by atoms with Crippen LogP contribution in [0.3, 0.4) is 0 Å². The zero-order valence-electron chi connectivity index (χ0n) is 21.9. The van der Waals surface area contributed by atoms with Gasteiger partial charge in [0.2, 0.25) is 5.91 Å². The van der Waals surface area contributed by atoms with Crippen LogP contribution < -0.4 is 10.1 Å². The summed E-state index contributed by atoms with van der Waals surface area (Å²) in [4.78, 5) is 29.5. The van der Waals surface area contributed by atoms with E-state index in [1.165, 1.54) is 23.3 Å². The van der Waals surface area contributed by atoms with Crippen molar-refractivity contribution in [1.29, 1.82) is 0 Å². The van der Waals surface area contributed by atoms with Gasteiger partial charge in [0.25, 0.3) is 0 Å². The van der Waals surface area contributed by atoms with E-state index in [2.05, 4.69) is 16.3 Å². The highest BCUT2D eigenvalue weighted by Crippen LogP contribution is 2.50. The molecule has 1 saturated carbocycles. The minimum absolute atomic E-state index is 0.0316. The van der Waals surface area contributed by atoms with E-state index in [1.54, 1.807) is 0 Å². The fourth-order valence-corrected chi connectivity index (χ4v) is 7.96. The van der Waals surface area contributed by atoms with Crippen LogP contribution in [0.25, 0.3) is 0 Å². The minimum Gasteiger partial charge on any atom is -0.494 e. The van der Waals surface area contributed by atoms with Gasteiger partial charge in [-0.25, -0.2) is 4.79 Å². The summed E-state index contributed by atoms with van der Waals surface area (Å²) in [6.07, 6.45) is 8.39. The number of para-hydroxylation sites is 1. The molecule has 7 nitrogen and oxygen atoms in total. The van der Waals surface area contributed by atoms with Crippen LogP contribution in [-0.2, 0) is 22.4 Å². The van der Waals surface area contributed by atoms with E-state index >= 15 is 0 Å². The fourth-order valence-electron chi connectivity index (χ4n) is 6.67. The van der Waals surface area contributed by atoms with Crippen LogP contribution in [0.2, 0.25) is 0 Å². The Morgan fingerprint density at radius 1 is 1.16 bits per heavy atom. The summed E-state index contributed by atoms with van der Waals surface area (Å²) < 4.78 is 11.1. The molecule has 1 saturated heterocycles. The van der Waals surface area contributed by atoms with Crippen molar-refractivity contribution in [1.82, 2.24) is 4.90 Å². The van der Waals surface area contributed by atoms with Crippen LogP contribution in [0, 0.1) is 5.92 Å². The van der Waals surface area contributed by atoms with Gasteiger partial charge in [0.15, 0.2) is 0 Å². The van der Waals surface area contributed by atoms with Crippen LogP contribution in [-0.4, -0.2) is 54.3 Å². The van der Waals surface area contributed by atoms with Gasteiger partial charge in [0.1, 0.15) is 10.8 Å². The maximum absolute atomic E-state index is 13.5. The van der Waals surface area contributed by atoms with Crippen molar-refractivity contribution in [2.75, 3.05) is 32.1 Å². The largest absolute Gasteiger partial charge is 0.494 e. The quantitative estimate of drug-likeness (QED) is 0.487. The van der Waals surface area contributed by atoms with E-state index in [0.29, 0.717) is 30.1 Å². The molecule has 0 spiro atoms. The molecule has 1 amide bonds. The number of fused-ring (bicyclic) bond motifs is 2. The normalized spacial score (nSPS) is 25.6. The SMILES string of the molecule is CCOc1ccccc1[C@H]1[C@@H]2CCCC[C@@]2(O)CCN1CC(=O)Nc1sc2c(c1C(=O)OC)CCCC2. The number of hydrogen-bond acceptors (Lipinski definition) is 7. The average molecular weight is 527 g/mol. The Hall–Kier alpha value is -2.42. The number of anilines is 1. The summed E-state index contributed by atoms with van der Waals surface area (Å²) in [7, 11) is 1.39. The maximum atomic E-state index is 13.5. The number of amides is 1. The second kappa shape index (κ2) is 11.1. The Labute approximate surface area is 223 Å². The lowest BCUT2D eigenvalue weighted by atomic mass is 9.66. The third-order valence-electron chi connectivity index (χ3n) is 8.37. The number of rotatable bonds is 7. The number of nitrogens with one attached hydrogen (secondary N) is 1. The highest BCUT2D eigenvalue weighted by Gasteiger charge is 2.49. The van der Waals surface area contributed by atoms with E-state index in [4.69, 9.17) is 9.47 Å². The molecule has 1 aliphatic heterocycles. The molecule has 3 aliphatic rings. The maximum Gasteiger partial charge on any atom is 0.341 e. The second-order valence-corrected chi connectivity index (χ2v) is 11.7. The number of hydrogen-bond donors (Lipinski definition) is 2. The van der Waals surface area contributed by atoms with E-state index in [0.717, 1.165) is 68.2 Å². The lowest BCUT2D eigenvalue weighted by Crippen LogP contribution is -2.56. The molecule has 2 heterocycles. The van der Waals surface area contributed by atoms with E-state index in [1.807, 2.05) is 25.1 Å². The van der Waals surface area contributed by atoms with Gasteiger partial charge in [0, 0.05) is 28.9 Å². The van der Waals surface area contributed by atoms with Crippen LogP contribution in [0.1, 0.15) is 84.3 Å². The Bertz CT molecular complexity index is 1150. The van der Waals surface area contributed by atoms with Crippen molar-refractivity contribution in [2.24, 2.45) is 5.92 Å². The number of carbonyl (C=O) groups is 2. The number of aryl methyl sites for hydroxylation is 1. The summed E-state index contributed by atoms with van der Waals surface area (Å²) in [6, 6.07) is 7.90. The predicted octanol–water partition coefficient (Wildman–Crippen LogP) is 5.12. The topological polar surface area (TPSA) is 88.1 Å². The highest BCUT2D eigenvalue weighted by atomic mass is 32.1. The molecule has 2 aromatic rings. The minimum atomic E-state index is -0.722. The Morgan fingerprint density at radius 3 is 2.78 bits per heavy atom. The summed E-state index contributed by atoms with van der Waals surface area (Å²) in [6.45, 7) is 3.33. The molecule has 0 unspecified atom stereocenters. The lowest BCUT2D eigenvalue weighted by Gasteiger charge is -2.52. The molecular formula is C29H38N2O5S. The number of nitrogens with zero attached hydrogens (tertiary/aromatic N) is 1. The molecule has 2 fully saturated rings. The van der Waals surface area contributed by atoms with Gasteiger partial charge in [0.05, 0.1) is 31.4 Å². The number of piperidine rings is 1. The van der Waals surface area contributed by atoms with E-state index in [9.17, 15) is 14.7 Å². The Morgan fingerprint density at radius 2 is 1.97 bits per heavy atom. The molecule has 200 valence electrons. The van der Waals surface area contributed by atoms with Crippen LogP contribution >= 0.6 is 11.3 Å². The summed E-state index contributed by atoms with van der Waals surface area (Å²) in [5.41, 5.74) is 1.87. The van der Waals surface area contributed by atoms with Crippen LogP contribution in [0.15, 0.2) is 24.3 Å². The number of esters is 1. The van der Waals surface area contributed by atoms with Gasteiger partial charge in [-0.3, -0.25) is 9.69 Å². The van der Waals surface area contributed by atoms with Crippen molar-refractivity contribution in [2.45, 2.75) is 76.4 Å². The second-order valence-electron chi connectivity index (χ2n) is 10.5. The van der Waals surface area contributed by atoms with Gasteiger partial charge >= 0.3 is 5.97 Å². The number of methoxy groups -OCH3 is 1. The number of benzene rings is 1. The van der Waals surface area contributed by atoms with E-state index in [-0.39, 0.29) is 30.4 Å². The third-order valence-corrected chi connectivity index (χ3v) is 9.58. The zero-order chi connectivity index (χ0) is 26.0. The number of ether oxygens (including phenoxy) is 2. The fraction of sp³-hybridized carbons (Fsp3) is 0.586. The van der Waals surface area contributed by atoms with Crippen molar-refractivity contribution in [3.63, 3.8) is 0 Å². The number of aliphatic hydroxyl groups is 1. The molecule has 1 aromatic carbocycles. The van der Waals surface area contributed by atoms with Crippen molar-refractivity contribution in [3.8, 4) is 5.75 Å². The summed E-state index contributed by atoms with van der Waals surface area (Å²) >= 11 is 1.51. The first-order valence-electron chi connectivity index (χ1n) is 13.7. The molecule has 3 atom stereocenters. The van der Waals surface area contributed by atoms with Gasteiger partial charge in [-0.05, 0) is 63.5 Å². The summed E-state index contributed by atoms with van der Waals surface area (Å²) in [5.74, 6) is 0.311. The molecule has 2 aliphatic carbocycles. The Kier molecular flexibility index (Phi) is 7.88. The Balaban J connectivity index is 1.43. The van der Waals surface area contributed by atoms with Gasteiger partial charge < -0.3 is 19.9 Å². The zero-order valence-corrected chi connectivity index (χ0v) is 22.7. The van der Waals surface area contributed by atoms with E-state index < -0.39 is 5.60 Å². The molecule has 1 aromatic heterocycles. The monoisotopic (exact) mass is 526 g/mol. The van der Waals surface area contributed by atoms with Gasteiger partial charge in [-0.15, -0.1) is 11.3 Å². The van der Waals surface area contributed by atoms with Crippen molar-refractivity contribution < 1.29 is 24.2 Å². The number of carbonyl (C=O) groups excluding carboxylic acids is 2. The van der Waals surface area contributed by atoms with Gasteiger partial charge in [-0.2, -0.15) is 0 Å². The van der Waals surface area contributed by atoms with Gasteiger partial charge in [-0.1, -0.05) is 31.0 Å². The highest BCUT2D eigenvalue weighted by molar-refractivity contribution is 7.17. The molecule has 5 rings (SSSR count). The summed E-state index contributed by atoms with van der Waals surface area (Å²) in [5, 5.41) is 15.3. The van der Waals surface area contributed by atoms with Crippen molar-refractivity contribution in [3.05, 3.63) is 45.8 Å². The van der Waals surface area contributed by atoms with Crippen molar-refractivity contribution >= 4 is 28.2 Å². The van der Waals surface area contributed by atoms with Crippen LogP contribution in [0.4, 0.5) is 5.00 Å². The first-order valence-corrected chi connectivity index (χ1v) is 14.5. The molecule has 0 bridgehead atoms. The van der Waals surface area contributed by atoms with Crippen LogP contribution in [0.5, 0.6) is 5.75 Å². The predicted molar refractivity (Wildman–Crippen MR) is 144 cm³/mol. The third kappa shape index (κ3) is 5.16. The molecular weight excluding hydrogens is 488 g/mol. The molecule has 2 N–H and O–H groups in total. The smallest absolute Gasteiger partial charge is 0.341 e. The molecule has 8 heteroatoms. The number of thiophene rings is 1. The average Bonchev–Trinajstić information content (AvgIpc) is 3.26.